The molecular formula is C14H19ClN2O3. The number of carbonyl (C=O) groups excluding carboxylic acids is 1. The molecule has 1 aromatic rings. The maximum atomic E-state index is 12.1. The Morgan fingerprint density at radius 3 is 2.85 bits per heavy atom. The molecule has 0 radical (unpaired) electrons. The maximum absolute atomic E-state index is 12.1. The van der Waals surface area contributed by atoms with Crippen molar-refractivity contribution in [2.45, 2.75) is 31.9 Å². The monoisotopic (exact) mass is 298 g/mol. The van der Waals surface area contributed by atoms with Crippen LogP contribution in [0.2, 0.25) is 5.02 Å². The van der Waals surface area contributed by atoms with Crippen LogP contribution >= 0.6 is 11.6 Å². The number of nitrogens with two attached hydrogens (primary N) is 1. The molecule has 1 amide bonds. The molecule has 0 bridgehead atoms. The number of amides is 1. The molecule has 6 heteroatoms. The molecule has 0 saturated carbocycles. The summed E-state index contributed by atoms with van der Waals surface area (Å²) in [4.78, 5) is 12.1. The summed E-state index contributed by atoms with van der Waals surface area (Å²) in [6.45, 7) is 4.58. The van der Waals surface area contributed by atoms with Crippen molar-refractivity contribution in [2.75, 3.05) is 18.5 Å². The van der Waals surface area contributed by atoms with E-state index < -0.39 is 5.54 Å². The van der Waals surface area contributed by atoms with Crippen molar-refractivity contribution in [3.63, 3.8) is 0 Å². The second-order valence-electron chi connectivity index (χ2n) is 5.22. The highest BCUT2D eigenvalue weighted by molar-refractivity contribution is 6.32. The van der Waals surface area contributed by atoms with Crippen LogP contribution in [0.15, 0.2) is 18.2 Å². The number of benzene rings is 1. The summed E-state index contributed by atoms with van der Waals surface area (Å²) in [5.74, 6) is 0.329. The van der Waals surface area contributed by atoms with E-state index in [9.17, 15) is 4.79 Å². The predicted octanol–water partition coefficient (Wildman–Crippen LogP) is 2.18. The van der Waals surface area contributed by atoms with E-state index in [1.54, 1.807) is 18.2 Å². The molecule has 1 aliphatic rings. The first kappa shape index (κ1) is 15.1. The summed E-state index contributed by atoms with van der Waals surface area (Å²) in [6, 6.07) is 5.11. The van der Waals surface area contributed by atoms with Gasteiger partial charge in [0.15, 0.2) is 0 Å². The molecule has 110 valence electrons. The Hall–Kier alpha value is -1.30. The van der Waals surface area contributed by atoms with Crippen molar-refractivity contribution in [1.29, 1.82) is 0 Å². The fourth-order valence-corrected chi connectivity index (χ4v) is 2.17. The Balaban J connectivity index is 2.06. The number of hydrogen-bond donors (Lipinski definition) is 2. The largest absolute Gasteiger partial charge is 0.489 e. The minimum Gasteiger partial charge on any atom is -0.489 e. The van der Waals surface area contributed by atoms with E-state index >= 15 is 0 Å². The minimum absolute atomic E-state index is 0.0379. The van der Waals surface area contributed by atoms with Gasteiger partial charge < -0.3 is 20.5 Å². The van der Waals surface area contributed by atoms with Crippen LogP contribution in [0.25, 0.3) is 0 Å². The third kappa shape index (κ3) is 3.42. The van der Waals surface area contributed by atoms with E-state index in [-0.39, 0.29) is 18.6 Å². The Morgan fingerprint density at radius 2 is 2.30 bits per heavy atom. The van der Waals surface area contributed by atoms with Gasteiger partial charge in [-0.3, -0.25) is 4.79 Å². The van der Waals surface area contributed by atoms with Crippen LogP contribution in [0.5, 0.6) is 5.75 Å². The summed E-state index contributed by atoms with van der Waals surface area (Å²) < 4.78 is 10.7. The number of nitrogens with one attached hydrogen (secondary N) is 1. The highest BCUT2D eigenvalue weighted by Crippen LogP contribution is 2.29. The third-order valence-corrected chi connectivity index (χ3v) is 3.35. The van der Waals surface area contributed by atoms with Gasteiger partial charge in [-0.1, -0.05) is 11.6 Å². The highest BCUT2D eigenvalue weighted by Gasteiger charge is 2.38. The quantitative estimate of drug-likeness (QED) is 0.893. The van der Waals surface area contributed by atoms with Crippen molar-refractivity contribution >= 4 is 23.2 Å². The van der Waals surface area contributed by atoms with E-state index in [0.717, 1.165) is 0 Å². The Labute approximate surface area is 123 Å². The average molecular weight is 299 g/mol. The zero-order chi connectivity index (χ0) is 14.8. The molecule has 0 spiro atoms. The molecule has 0 aliphatic carbocycles. The van der Waals surface area contributed by atoms with Gasteiger partial charge >= 0.3 is 0 Å². The standard InChI is InChI=1S/C14H19ClN2O3/c1-9(2)20-12-4-3-10(7-11(12)15)17-13(18)14(16)5-6-19-8-14/h3-4,7,9H,5-6,8,16H2,1-2H3,(H,17,18). The Morgan fingerprint density at radius 1 is 1.55 bits per heavy atom. The predicted molar refractivity (Wildman–Crippen MR) is 78.2 cm³/mol. The van der Waals surface area contributed by atoms with Gasteiger partial charge in [0.05, 0.1) is 17.7 Å². The Bertz CT molecular complexity index is 499. The van der Waals surface area contributed by atoms with Crippen LogP contribution in [0, 0.1) is 0 Å². The van der Waals surface area contributed by atoms with Gasteiger partial charge in [-0.2, -0.15) is 0 Å². The van der Waals surface area contributed by atoms with E-state index in [0.29, 0.717) is 29.5 Å². The van der Waals surface area contributed by atoms with Crippen molar-refractivity contribution < 1.29 is 14.3 Å². The maximum Gasteiger partial charge on any atom is 0.246 e. The summed E-state index contributed by atoms with van der Waals surface area (Å²) in [7, 11) is 0. The molecule has 1 unspecified atom stereocenters. The lowest BCUT2D eigenvalue weighted by Crippen LogP contribution is -2.51. The van der Waals surface area contributed by atoms with Gasteiger partial charge in [-0.15, -0.1) is 0 Å². The zero-order valence-electron chi connectivity index (χ0n) is 11.6. The molecule has 5 nitrogen and oxygen atoms in total. The average Bonchev–Trinajstić information content (AvgIpc) is 2.81. The first-order valence-electron chi connectivity index (χ1n) is 6.55. The first-order valence-corrected chi connectivity index (χ1v) is 6.93. The smallest absolute Gasteiger partial charge is 0.246 e. The third-order valence-electron chi connectivity index (χ3n) is 3.06. The molecular weight excluding hydrogens is 280 g/mol. The molecule has 20 heavy (non-hydrogen) atoms. The van der Waals surface area contributed by atoms with Crippen molar-refractivity contribution in [3.05, 3.63) is 23.2 Å². The lowest BCUT2D eigenvalue weighted by molar-refractivity contribution is -0.121. The molecule has 1 heterocycles. The van der Waals surface area contributed by atoms with Gasteiger partial charge in [0.1, 0.15) is 11.3 Å². The number of rotatable bonds is 4. The molecule has 1 atom stereocenters. The van der Waals surface area contributed by atoms with Crippen molar-refractivity contribution in [3.8, 4) is 5.75 Å². The fourth-order valence-electron chi connectivity index (χ4n) is 1.94. The van der Waals surface area contributed by atoms with Crippen LogP contribution in [-0.4, -0.2) is 30.8 Å². The minimum atomic E-state index is -0.959. The molecule has 0 aromatic heterocycles. The summed E-state index contributed by atoms with van der Waals surface area (Å²) in [5.41, 5.74) is 5.62. The number of anilines is 1. The summed E-state index contributed by atoms with van der Waals surface area (Å²) >= 11 is 6.12. The summed E-state index contributed by atoms with van der Waals surface area (Å²) in [6.07, 6.45) is 0.553. The molecule has 3 N–H and O–H groups in total. The number of carbonyl (C=O) groups is 1. The molecule has 2 rings (SSSR count). The van der Waals surface area contributed by atoms with Crippen molar-refractivity contribution in [1.82, 2.24) is 0 Å². The lowest BCUT2D eigenvalue weighted by atomic mass is 9.99. The van der Waals surface area contributed by atoms with E-state index in [4.69, 9.17) is 26.8 Å². The topological polar surface area (TPSA) is 73.6 Å². The van der Waals surface area contributed by atoms with Crippen LogP contribution in [0.1, 0.15) is 20.3 Å². The van der Waals surface area contributed by atoms with Gasteiger partial charge in [0, 0.05) is 12.3 Å². The van der Waals surface area contributed by atoms with Gasteiger partial charge in [-0.05, 0) is 38.5 Å². The van der Waals surface area contributed by atoms with Gasteiger partial charge in [0.25, 0.3) is 0 Å². The van der Waals surface area contributed by atoms with E-state index in [1.807, 2.05) is 13.8 Å². The van der Waals surface area contributed by atoms with Crippen LogP contribution in [-0.2, 0) is 9.53 Å². The molecule has 1 aliphatic heterocycles. The molecule has 1 aromatic carbocycles. The van der Waals surface area contributed by atoms with Gasteiger partial charge in [-0.25, -0.2) is 0 Å². The first-order chi connectivity index (χ1) is 9.40. The second-order valence-corrected chi connectivity index (χ2v) is 5.63. The number of hydrogen-bond acceptors (Lipinski definition) is 4. The van der Waals surface area contributed by atoms with E-state index in [1.165, 1.54) is 0 Å². The van der Waals surface area contributed by atoms with Gasteiger partial charge in [0.2, 0.25) is 5.91 Å². The lowest BCUT2D eigenvalue weighted by Gasteiger charge is -2.21. The SMILES string of the molecule is CC(C)Oc1ccc(NC(=O)C2(N)CCOC2)cc1Cl. The number of ether oxygens (including phenoxy) is 2. The summed E-state index contributed by atoms with van der Waals surface area (Å²) in [5, 5.41) is 3.21. The van der Waals surface area contributed by atoms with Crippen LogP contribution in [0.3, 0.4) is 0 Å². The van der Waals surface area contributed by atoms with Crippen molar-refractivity contribution in [2.24, 2.45) is 5.73 Å². The van der Waals surface area contributed by atoms with E-state index in [2.05, 4.69) is 5.32 Å². The molecule has 1 fully saturated rings. The number of halogens is 1. The zero-order valence-corrected chi connectivity index (χ0v) is 12.4. The Kier molecular flexibility index (Phi) is 4.52. The highest BCUT2D eigenvalue weighted by atomic mass is 35.5. The second kappa shape index (κ2) is 5.99. The van der Waals surface area contributed by atoms with Crippen LogP contribution < -0.4 is 15.8 Å². The normalized spacial score (nSPS) is 22.1. The molecule has 1 saturated heterocycles. The van der Waals surface area contributed by atoms with Crippen LogP contribution in [0.4, 0.5) is 5.69 Å². The fraction of sp³-hybridized carbons (Fsp3) is 0.500.